The Kier molecular flexibility index (Phi) is 4.59. The third kappa shape index (κ3) is 3.23. The summed E-state index contributed by atoms with van der Waals surface area (Å²) in [5, 5.41) is 18.3. The van der Waals surface area contributed by atoms with Gasteiger partial charge in [0, 0.05) is 17.0 Å². The summed E-state index contributed by atoms with van der Waals surface area (Å²) in [4.78, 5) is 21.1. The Morgan fingerprint density at radius 2 is 1.93 bits per heavy atom. The molecular weight excluding hydrogens is 358 g/mol. The predicted octanol–water partition coefficient (Wildman–Crippen LogP) is 2.63. The highest BCUT2D eigenvalue weighted by molar-refractivity contribution is 6.01. The molecule has 28 heavy (non-hydrogen) atoms. The average Bonchev–Trinajstić information content (AvgIpc) is 3.25. The Bertz CT molecular complexity index is 1200. The Balaban J connectivity index is 1.84. The molecule has 8 heteroatoms. The molecule has 2 N–H and O–H groups in total. The van der Waals surface area contributed by atoms with E-state index in [4.69, 9.17) is 4.74 Å². The zero-order valence-electron chi connectivity index (χ0n) is 15.0. The van der Waals surface area contributed by atoms with E-state index in [1.54, 1.807) is 31.4 Å². The summed E-state index contributed by atoms with van der Waals surface area (Å²) in [7, 11) is 1.59. The van der Waals surface area contributed by atoms with Gasteiger partial charge < -0.3 is 9.84 Å². The van der Waals surface area contributed by atoms with E-state index in [2.05, 4.69) is 20.2 Å². The van der Waals surface area contributed by atoms with Crippen molar-refractivity contribution in [3.05, 3.63) is 76.3 Å². The minimum absolute atomic E-state index is 0.164. The van der Waals surface area contributed by atoms with Gasteiger partial charge in [-0.2, -0.15) is 10.1 Å². The molecule has 4 rings (SSSR count). The minimum Gasteiger partial charge on any atom is -0.497 e. The maximum atomic E-state index is 13.0. The normalized spacial score (nSPS) is 11.3. The lowest BCUT2D eigenvalue weighted by Gasteiger charge is -2.14. The van der Waals surface area contributed by atoms with Crippen LogP contribution in [0.2, 0.25) is 0 Å². The van der Waals surface area contributed by atoms with E-state index in [0.717, 1.165) is 11.3 Å². The van der Waals surface area contributed by atoms with E-state index in [-0.39, 0.29) is 18.0 Å². The molecule has 2 aromatic carbocycles. The second-order valence-corrected chi connectivity index (χ2v) is 6.09. The largest absolute Gasteiger partial charge is 0.497 e. The lowest BCUT2D eigenvalue weighted by Crippen LogP contribution is -2.22. The van der Waals surface area contributed by atoms with Gasteiger partial charge in [-0.1, -0.05) is 30.3 Å². The van der Waals surface area contributed by atoms with E-state index in [0.29, 0.717) is 22.3 Å². The molecule has 0 spiro atoms. The van der Waals surface area contributed by atoms with E-state index in [9.17, 15) is 9.90 Å². The summed E-state index contributed by atoms with van der Waals surface area (Å²) in [6, 6.07) is 14.4. The van der Waals surface area contributed by atoms with E-state index < -0.39 is 0 Å². The van der Waals surface area contributed by atoms with Gasteiger partial charge in [0.25, 0.3) is 5.56 Å². The number of fused-ring (bicyclic) bond motifs is 1. The summed E-state index contributed by atoms with van der Waals surface area (Å²) in [5.74, 6) is 0.859. The second kappa shape index (κ2) is 7.36. The smallest absolute Gasteiger partial charge is 0.261 e. The standard InChI is InChI=1S/C20H17N5O3/c1-28-14-8-6-13(7-9-14)11-25-18(26)16-5-3-2-4-15(16)17(19(25)27)10-21-20-22-12-23-24-20/h2-10,12,27H,11H2,1H3,(H,22,23,24). The van der Waals surface area contributed by atoms with E-state index in [1.807, 2.05) is 24.3 Å². The van der Waals surface area contributed by atoms with Gasteiger partial charge >= 0.3 is 0 Å². The van der Waals surface area contributed by atoms with Gasteiger partial charge in [0.2, 0.25) is 11.8 Å². The van der Waals surface area contributed by atoms with Crippen LogP contribution in [0.3, 0.4) is 0 Å². The maximum absolute atomic E-state index is 13.0. The number of pyridine rings is 1. The lowest BCUT2D eigenvalue weighted by atomic mass is 10.1. The summed E-state index contributed by atoms with van der Waals surface area (Å²) < 4.78 is 6.49. The quantitative estimate of drug-likeness (QED) is 0.522. The number of ether oxygens (including phenoxy) is 1. The number of H-pyrrole nitrogens is 1. The highest BCUT2D eigenvalue weighted by Gasteiger charge is 2.15. The first-order valence-corrected chi connectivity index (χ1v) is 8.54. The number of hydrogen-bond donors (Lipinski definition) is 2. The highest BCUT2D eigenvalue weighted by Crippen LogP contribution is 2.24. The van der Waals surface area contributed by atoms with Gasteiger partial charge in [0.05, 0.1) is 19.2 Å². The van der Waals surface area contributed by atoms with Gasteiger partial charge in [0.15, 0.2) is 0 Å². The van der Waals surface area contributed by atoms with Crippen LogP contribution in [0.25, 0.3) is 10.8 Å². The van der Waals surface area contributed by atoms with Gasteiger partial charge in [0.1, 0.15) is 12.1 Å². The lowest BCUT2D eigenvalue weighted by molar-refractivity contribution is 0.412. The van der Waals surface area contributed by atoms with Crippen LogP contribution in [-0.4, -0.2) is 38.2 Å². The number of rotatable bonds is 5. The predicted molar refractivity (Wildman–Crippen MR) is 106 cm³/mol. The molecule has 0 saturated heterocycles. The second-order valence-electron chi connectivity index (χ2n) is 6.09. The van der Waals surface area contributed by atoms with E-state index >= 15 is 0 Å². The van der Waals surface area contributed by atoms with Crippen molar-refractivity contribution < 1.29 is 9.84 Å². The number of hydrogen-bond acceptors (Lipinski definition) is 6. The molecule has 0 aliphatic carbocycles. The first-order chi connectivity index (χ1) is 13.7. The molecular formula is C20H17N5O3. The number of methoxy groups -OCH3 is 1. The van der Waals surface area contributed by atoms with Crippen LogP contribution in [-0.2, 0) is 6.54 Å². The minimum atomic E-state index is -0.277. The van der Waals surface area contributed by atoms with Crippen molar-refractivity contribution in [1.29, 1.82) is 0 Å². The third-order valence-corrected chi connectivity index (χ3v) is 4.41. The number of aromatic amines is 1. The van der Waals surface area contributed by atoms with Gasteiger partial charge in [-0.25, -0.2) is 10.1 Å². The first kappa shape index (κ1) is 17.5. The SMILES string of the molecule is COc1ccc(Cn2c(O)c(C=Nc3ncn[nH]3)c3ccccc3c2=O)cc1. The number of nitrogens with one attached hydrogen (secondary N) is 1. The molecule has 0 saturated carbocycles. The van der Waals surface area contributed by atoms with Crippen LogP contribution in [0.5, 0.6) is 11.6 Å². The molecule has 0 atom stereocenters. The van der Waals surface area contributed by atoms with Crippen molar-refractivity contribution in [2.24, 2.45) is 4.99 Å². The fourth-order valence-electron chi connectivity index (χ4n) is 2.99. The summed E-state index contributed by atoms with van der Waals surface area (Å²) in [6.07, 6.45) is 2.82. The molecule has 0 aliphatic rings. The Morgan fingerprint density at radius 3 is 2.61 bits per heavy atom. The number of aromatic nitrogens is 4. The van der Waals surface area contributed by atoms with Crippen molar-refractivity contribution in [2.75, 3.05) is 7.11 Å². The molecule has 0 fully saturated rings. The van der Waals surface area contributed by atoms with Crippen LogP contribution < -0.4 is 10.3 Å². The molecule has 0 aliphatic heterocycles. The molecule has 0 bridgehead atoms. The Labute approximate surface area is 159 Å². The molecule has 0 amide bonds. The third-order valence-electron chi connectivity index (χ3n) is 4.41. The van der Waals surface area contributed by atoms with Gasteiger partial charge in [-0.15, -0.1) is 0 Å². The van der Waals surface area contributed by atoms with Gasteiger partial charge in [-0.05, 0) is 23.8 Å². The molecule has 2 heterocycles. The zero-order valence-corrected chi connectivity index (χ0v) is 15.0. The summed E-state index contributed by atoms with van der Waals surface area (Å²) >= 11 is 0. The number of benzene rings is 2. The van der Waals surface area contributed by atoms with Crippen molar-refractivity contribution in [1.82, 2.24) is 19.7 Å². The zero-order chi connectivity index (χ0) is 19.5. The topological polar surface area (TPSA) is 105 Å². The maximum Gasteiger partial charge on any atom is 0.261 e. The molecule has 0 unspecified atom stereocenters. The summed E-state index contributed by atoms with van der Waals surface area (Å²) in [6.45, 7) is 0.211. The average molecular weight is 375 g/mol. The van der Waals surface area contributed by atoms with Gasteiger partial charge in [-0.3, -0.25) is 9.36 Å². The van der Waals surface area contributed by atoms with Crippen LogP contribution in [0.4, 0.5) is 5.95 Å². The van der Waals surface area contributed by atoms with Crippen LogP contribution in [0.15, 0.2) is 64.6 Å². The van der Waals surface area contributed by atoms with Crippen molar-refractivity contribution >= 4 is 22.9 Å². The molecule has 4 aromatic rings. The molecule has 8 nitrogen and oxygen atoms in total. The Morgan fingerprint density at radius 1 is 1.18 bits per heavy atom. The monoisotopic (exact) mass is 375 g/mol. The number of nitrogens with zero attached hydrogens (tertiary/aromatic N) is 4. The molecule has 140 valence electrons. The van der Waals surface area contributed by atoms with Crippen LogP contribution in [0.1, 0.15) is 11.1 Å². The van der Waals surface area contributed by atoms with Crippen LogP contribution in [0, 0.1) is 0 Å². The molecule has 0 radical (unpaired) electrons. The first-order valence-electron chi connectivity index (χ1n) is 8.54. The van der Waals surface area contributed by atoms with Crippen molar-refractivity contribution in [2.45, 2.75) is 6.54 Å². The van der Waals surface area contributed by atoms with E-state index in [1.165, 1.54) is 17.1 Å². The fraction of sp³-hybridized carbons (Fsp3) is 0.100. The number of aromatic hydroxyl groups is 1. The Hall–Kier alpha value is -3.94. The number of aliphatic imine (C=N–C) groups is 1. The highest BCUT2D eigenvalue weighted by atomic mass is 16.5. The van der Waals surface area contributed by atoms with Crippen molar-refractivity contribution in [3.63, 3.8) is 0 Å². The molecule has 2 aromatic heterocycles. The van der Waals surface area contributed by atoms with Crippen molar-refractivity contribution in [3.8, 4) is 11.6 Å². The van der Waals surface area contributed by atoms with Crippen LogP contribution >= 0.6 is 0 Å². The summed E-state index contributed by atoms with van der Waals surface area (Å²) in [5.41, 5.74) is 1.01. The fourth-order valence-corrected chi connectivity index (χ4v) is 2.99.